The Labute approximate surface area is 169 Å². The summed E-state index contributed by atoms with van der Waals surface area (Å²) in [5.74, 6) is -1.58. The third-order valence-corrected chi connectivity index (χ3v) is 4.77. The van der Waals surface area contributed by atoms with Crippen molar-refractivity contribution in [2.75, 3.05) is 18.5 Å². The Bertz CT molecular complexity index is 777. The summed E-state index contributed by atoms with van der Waals surface area (Å²) in [7, 11) is 0. The highest BCUT2D eigenvalue weighted by Crippen LogP contribution is 2.29. The van der Waals surface area contributed by atoms with Crippen LogP contribution in [0.5, 0.6) is 0 Å². The molecule has 4 nitrogen and oxygen atoms in total. The van der Waals surface area contributed by atoms with E-state index in [-0.39, 0.29) is 11.7 Å². The molecular formula is C21H26F2N2O2S. The van der Waals surface area contributed by atoms with Gasteiger partial charge in [0.1, 0.15) is 17.3 Å². The lowest BCUT2D eigenvalue weighted by Gasteiger charge is -2.11. The molecule has 1 aromatic heterocycles. The zero-order chi connectivity index (χ0) is 20.5. The van der Waals surface area contributed by atoms with Crippen LogP contribution >= 0.6 is 11.8 Å². The second-order valence-corrected chi connectivity index (χ2v) is 8.13. The van der Waals surface area contributed by atoms with E-state index in [0.29, 0.717) is 48.9 Å². The van der Waals surface area contributed by atoms with Gasteiger partial charge >= 0.3 is 5.97 Å². The van der Waals surface area contributed by atoms with E-state index in [2.05, 4.69) is 24.1 Å². The Morgan fingerprint density at radius 2 is 1.93 bits per heavy atom. The SMILES string of the molecule is CCOC(=O)CCCCNc1c(F)cc(-c2cccc(SC(C)C)n2)cc1F. The van der Waals surface area contributed by atoms with Crippen LogP contribution in [0, 0.1) is 11.6 Å². The maximum atomic E-state index is 14.4. The van der Waals surface area contributed by atoms with Gasteiger partial charge in [-0.2, -0.15) is 0 Å². The fourth-order valence-corrected chi connectivity index (χ4v) is 3.40. The number of nitrogens with one attached hydrogen (secondary N) is 1. The Hall–Kier alpha value is -2.15. The molecule has 0 fully saturated rings. The van der Waals surface area contributed by atoms with Crippen molar-refractivity contribution in [1.29, 1.82) is 0 Å². The first kappa shape index (κ1) is 22.1. The number of unbranched alkanes of at least 4 members (excludes halogenated alkanes) is 1. The predicted octanol–water partition coefficient (Wildman–Crippen LogP) is 5.67. The number of rotatable bonds is 10. The number of thioether (sulfide) groups is 1. The smallest absolute Gasteiger partial charge is 0.305 e. The van der Waals surface area contributed by atoms with Crippen LogP contribution < -0.4 is 5.32 Å². The molecule has 0 aliphatic carbocycles. The maximum Gasteiger partial charge on any atom is 0.305 e. The van der Waals surface area contributed by atoms with Crippen LogP contribution in [0.15, 0.2) is 35.4 Å². The third-order valence-electron chi connectivity index (χ3n) is 3.83. The van der Waals surface area contributed by atoms with Gasteiger partial charge in [0.2, 0.25) is 0 Å². The number of pyridine rings is 1. The number of esters is 1. The molecule has 1 aromatic carbocycles. The van der Waals surface area contributed by atoms with E-state index in [1.165, 1.54) is 12.1 Å². The number of aromatic nitrogens is 1. The van der Waals surface area contributed by atoms with Crippen molar-refractivity contribution in [2.24, 2.45) is 0 Å². The molecule has 152 valence electrons. The van der Waals surface area contributed by atoms with Gasteiger partial charge < -0.3 is 10.1 Å². The molecule has 0 saturated heterocycles. The van der Waals surface area contributed by atoms with E-state index < -0.39 is 11.6 Å². The molecule has 0 aliphatic rings. The molecule has 0 bridgehead atoms. The molecule has 28 heavy (non-hydrogen) atoms. The minimum Gasteiger partial charge on any atom is -0.466 e. The van der Waals surface area contributed by atoms with Crippen molar-refractivity contribution in [1.82, 2.24) is 4.98 Å². The average Bonchev–Trinajstić information content (AvgIpc) is 2.63. The van der Waals surface area contributed by atoms with Gasteiger partial charge in [0.15, 0.2) is 0 Å². The van der Waals surface area contributed by atoms with Crippen LogP contribution in [0.1, 0.15) is 40.0 Å². The molecule has 0 spiro atoms. The molecule has 0 amide bonds. The van der Waals surface area contributed by atoms with Crippen LogP contribution in [0.3, 0.4) is 0 Å². The fraction of sp³-hybridized carbons (Fsp3) is 0.429. The average molecular weight is 409 g/mol. The monoisotopic (exact) mass is 408 g/mol. The van der Waals surface area contributed by atoms with Crippen molar-refractivity contribution in [2.45, 2.75) is 50.3 Å². The van der Waals surface area contributed by atoms with Crippen LogP contribution in [0.25, 0.3) is 11.3 Å². The number of nitrogens with zero attached hydrogens (tertiary/aromatic N) is 1. The van der Waals surface area contributed by atoms with Gasteiger partial charge in [-0.15, -0.1) is 11.8 Å². The summed E-state index contributed by atoms with van der Waals surface area (Å²) < 4.78 is 33.7. The van der Waals surface area contributed by atoms with Crippen molar-refractivity contribution < 1.29 is 18.3 Å². The van der Waals surface area contributed by atoms with Crippen molar-refractivity contribution in [3.05, 3.63) is 42.0 Å². The molecule has 1 heterocycles. The summed E-state index contributed by atoms with van der Waals surface area (Å²) in [6.07, 6.45) is 1.50. The van der Waals surface area contributed by atoms with Crippen molar-refractivity contribution in [3.8, 4) is 11.3 Å². The van der Waals surface area contributed by atoms with Crippen LogP contribution in [0.4, 0.5) is 14.5 Å². The molecule has 0 unspecified atom stereocenters. The molecule has 0 saturated carbocycles. The second-order valence-electron chi connectivity index (χ2n) is 6.53. The lowest BCUT2D eigenvalue weighted by molar-refractivity contribution is -0.143. The predicted molar refractivity (Wildman–Crippen MR) is 110 cm³/mol. The normalized spacial score (nSPS) is 10.9. The number of carbonyl (C=O) groups excluding carboxylic acids is 1. The van der Waals surface area contributed by atoms with Gasteiger partial charge in [0.05, 0.1) is 17.3 Å². The topological polar surface area (TPSA) is 51.2 Å². The Kier molecular flexibility index (Phi) is 8.70. The first-order valence-corrected chi connectivity index (χ1v) is 10.3. The zero-order valence-electron chi connectivity index (χ0n) is 16.4. The molecule has 0 radical (unpaired) electrons. The van der Waals surface area contributed by atoms with Crippen molar-refractivity contribution >= 4 is 23.4 Å². The van der Waals surface area contributed by atoms with Crippen molar-refractivity contribution in [3.63, 3.8) is 0 Å². The number of halogens is 2. The number of hydrogen-bond acceptors (Lipinski definition) is 5. The van der Waals surface area contributed by atoms with E-state index in [9.17, 15) is 13.6 Å². The Morgan fingerprint density at radius 3 is 2.57 bits per heavy atom. The van der Waals surface area contributed by atoms with Gasteiger partial charge in [-0.1, -0.05) is 19.9 Å². The number of ether oxygens (including phenoxy) is 1. The zero-order valence-corrected chi connectivity index (χ0v) is 17.2. The minimum atomic E-state index is -0.663. The summed E-state index contributed by atoms with van der Waals surface area (Å²) in [6.45, 7) is 6.60. The first-order valence-electron chi connectivity index (χ1n) is 9.43. The molecule has 2 aromatic rings. The van der Waals surface area contributed by atoms with Gasteiger partial charge in [-0.05, 0) is 44.0 Å². The maximum absolute atomic E-state index is 14.4. The molecular weight excluding hydrogens is 382 g/mol. The standard InChI is InChI=1S/C21H26F2N2O2S/c1-4-27-20(26)10-5-6-11-24-21-16(22)12-15(13-17(21)23)18-8-7-9-19(25-18)28-14(2)3/h7-9,12-14,24H,4-6,10-11H2,1-3H3. The highest BCUT2D eigenvalue weighted by Gasteiger charge is 2.13. The van der Waals surface area contributed by atoms with E-state index in [1.54, 1.807) is 24.8 Å². The number of anilines is 1. The largest absolute Gasteiger partial charge is 0.466 e. The molecule has 7 heteroatoms. The minimum absolute atomic E-state index is 0.160. The first-order chi connectivity index (χ1) is 13.4. The van der Waals surface area contributed by atoms with Crippen LogP contribution in [-0.4, -0.2) is 29.4 Å². The lowest BCUT2D eigenvalue weighted by atomic mass is 10.1. The number of hydrogen-bond donors (Lipinski definition) is 1. The molecule has 0 atom stereocenters. The van der Waals surface area contributed by atoms with Gasteiger partial charge in [-0.25, -0.2) is 13.8 Å². The van der Waals surface area contributed by atoms with Gasteiger partial charge in [-0.3, -0.25) is 4.79 Å². The summed E-state index contributed by atoms with van der Waals surface area (Å²) >= 11 is 1.60. The summed E-state index contributed by atoms with van der Waals surface area (Å²) in [4.78, 5) is 15.7. The van der Waals surface area contributed by atoms with Gasteiger partial charge in [0.25, 0.3) is 0 Å². The van der Waals surface area contributed by atoms with Crippen LogP contribution in [-0.2, 0) is 9.53 Å². The summed E-state index contributed by atoms with van der Waals surface area (Å²) in [5, 5.41) is 3.96. The number of carbonyl (C=O) groups is 1. The van der Waals surface area contributed by atoms with Gasteiger partial charge in [0, 0.05) is 23.8 Å². The van der Waals surface area contributed by atoms with E-state index in [4.69, 9.17) is 4.74 Å². The Morgan fingerprint density at radius 1 is 1.21 bits per heavy atom. The second kappa shape index (κ2) is 11.0. The highest BCUT2D eigenvalue weighted by molar-refractivity contribution is 7.99. The van der Waals surface area contributed by atoms with E-state index in [0.717, 1.165) is 5.03 Å². The summed E-state index contributed by atoms with van der Waals surface area (Å²) in [5.41, 5.74) is 0.770. The third kappa shape index (κ3) is 6.78. The lowest BCUT2D eigenvalue weighted by Crippen LogP contribution is -2.08. The number of benzene rings is 1. The van der Waals surface area contributed by atoms with E-state index >= 15 is 0 Å². The highest BCUT2D eigenvalue weighted by atomic mass is 32.2. The quantitative estimate of drug-likeness (QED) is 0.312. The fourth-order valence-electron chi connectivity index (χ4n) is 2.61. The Balaban J connectivity index is 2.00. The van der Waals surface area contributed by atoms with Crippen LogP contribution in [0.2, 0.25) is 0 Å². The summed E-state index contributed by atoms with van der Waals surface area (Å²) in [6, 6.07) is 8.03. The molecule has 1 N–H and O–H groups in total. The molecule has 0 aliphatic heterocycles. The molecule has 2 rings (SSSR count). The van der Waals surface area contributed by atoms with E-state index in [1.807, 2.05) is 12.1 Å².